The molecule has 0 fully saturated rings. The lowest BCUT2D eigenvalue weighted by molar-refractivity contribution is 0.100. The fraction of sp³-hybridized carbons (Fsp3) is 0.0667. The highest BCUT2D eigenvalue weighted by molar-refractivity contribution is 5.98. The van der Waals surface area contributed by atoms with Crippen LogP contribution in [0.2, 0.25) is 0 Å². The van der Waals surface area contributed by atoms with Crippen LogP contribution in [-0.2, 0) is 0 Å². The number of aromatic nitrogens is 3. The molecule has 6 nitrogen and oxygen atoms in total. The Morgan fingerprint density at radius 2 is 2.19 bits per heavy atom. The van der Waals surface area contributed by atoms with Gasteiger partial charge in [-0.3, -0.25) is 4.79 Å². The van der Waals surface area contributed by atoms with Crippen molar-refractivity contribution in [1.82, 2.24) is 14.6 Å². The van der Waals surface area contributed by atoms with Crippen molar-refractivity contribution in [2.24, 2.45) is 5.73 Å². The number of rotatable bonds is 2. The molecule has 21 heavy (non-hydrogen) atoms. The highest BCUT2D eigenvalue weighted by atomic mass is 16.1. The SMILES string of the molecule is Cc1cc(-c2cccc(C#N)c2)nc2c(C(N)=O)cnn12. The number of aryl methyl sites for hydroxylation is 1. The number of nitriles is 1. The van der Waals surface area contributed by atoms with E-state index in [2.05, 4.69) is 16.2 Å². The zero-order valence-corrected chi connectivity index (χ0v) is 11.2. The van der Waals surface area contributed by atoms with Crippen LogP contribution in [0, 0.1) is 18.3 Å². The summed E-state index contributed by atoms with van der Waals surface area (Å²) in [5.41, 5.74) is 8.87. The second kappa shape index (κ2) is 4.72. The van der Waals surface area contributed by atoms with Gasteiger partial charge in [-0.2, -0.15) is 10.4 Å². The molecule has 1 aromatic carbocycles. The standard InChI is InChI=1S/C15H11N5O/c1-9-5-13(11-4-2-3-10(6-11)7-16)19-15-12(14(17)21)8-18-20(9)15/h2-6,8H,1H3,(H2,17,21). The number of carbonyl (C=O) groups is 1. The van der Waals surface area contributed by atoms with Crippen LogP contribution in [0.3, 0.4) is 0 Å². The van der Waals surface area contributed by atoms with E-state index in [-0.39, 0.29) is 5.56 Å². The average Bonchev–Trinajstić information content (AvgIpc) is 2.92. The van der Waals surface area contributed by atoms with Crippen molar-refractivity contribution in [2.45, 2.75) is 6.92 Å². The first-order chi connectivity index (χ1) is 10.1. The van der Waals surface area contributed by atoms with Crippen LogP contribution in [0.15, 0.2) is 36.5 Å². The summed E-state index contributed by atoms with van der Waals surface area (Å²) < 4.78 is 1.57. The number of nitrogens with zero attached hydrogens (tertiary/aromatic N) is 4. The Morgan fingerprint density at radius 1 is 1.38 bits per heavy atom. The monoisotopic (exact) mass is 277 g/mol. The first-order valence-electron chi connectivity index (χ1n) is 6.26. The molecule has 2 N–H and O–H groups in total. The molecule has 0 spiro atoms. The van der Waals surface area contributed by atoms with Crippen molar-refractivity contribution in [1.29, 1.82) is 5.26 Å². The van der Waals surface area contributed by atoms with E-state index in [9.17, 15) is 4.79 Å². The van der Waals surface area contributed by atoms with E-state index in [1.807, 2.05) is 19.1 Å². The quantitative estimate of drug-likeness (QED) is 0.770. The topological polar surface area (TPSA) is 97.1 Å². The van der Waals surface area contributed by atoms with Gasteiger partial charge in [0.25, 0.3) is 5.91 Å². The molecular formula is C15H11N5O. The minimum absolute atomic E-state index is 0.274. The van der Waals surface area contributed by atoms with E-state index < -0.39 is 5.91 Å². The number of nitrogens with two attached hydrogens (primary N) is 1. The van der Waals surface area contributed by atoms with Crippen LogP contribution < -0.4 is 5.73 Å². The molecule has 1 amide bonds. The normalized spacial score (nSPS) is 10.5. The summed E-state index contributed by atoms with van der Waals surface area (Å²) in [6.45, 7) is 1.87. The van der Waals surface area contributed by atoms with Crippen LogP contribution in [0.4, 0.5) is 0 Å². The van der Waals surface area contributed by atoms with Crippen molar-refractivity contribution < 1.29 is 4.79 Å². The number of carbonyl (C=O) groups excluding carboxylic acids is 1. The van der Waals surface area contributed by atoms with Gasteiger partial charge in [-0.15, -0.1) is 0 Å². The zero-order valence-electron chi connectivity index (χ0n) is 11.2. The molecule has 0 bridgehead atoms. The molecule has 0 atom stereocenters. The van der Waals surface area contributed by atoms with E-state index in [1.54, 1.807) is 22.7 Å². The van der Waals surface area contributed by atoms with Crippen molar-refractivity contribution >= 4 is 11.6 Å². The number of hydrogen-bond donors (Lipinski definition) is 1. The predicted octanol–water partition coefficient (Wildman–Crippen LogP) is 1.68. The van der Waals surface area contributed by atoms with Crippen LogP contribution in [0.25, 0.3) is 16.9 Å². The number of benzene rings is 1. The Morgan fingerprint density at radius 3 is 2.90 bits per heavy atom. The van der Waals surface area contributed by atoms with Gasteiger partial charge in [0.1, 0.15) is 5.56 Å². The van der Waals surface area contributed by atoms with Crippen molar-refractivity contribution in [3.63, 3.8) is 0 Å². The number of amides is 1. The second-order valence-corrected chi connectivity index (χ2v) is 4.63. The fourth-order valence-electron chi connectivity index (χ4n) is 2.18. The van der Waals surface area contributed by atoms with Crippen LogP contribution in [-0.4, -0.2) is 20.5 Å². The number of fused-ring (bicyclic) bond motifs is 1. The lowest BCUT2D eigenvalue weighted by Gasteiger charge is -2.05. The highest BCUT2D eigenvalue weighted by Crippen LogP contribution is 2.21. The van der Waals surface area contributed by atoms with Crippen LogP contribution in [0.5, 0.6) is 0 Å². The van der Waals surface area contributed by atoms with Gasteiger partial charge in [-0.1, -0.05) is 12.1 Å². The first kappa shape index (κ1) is 12.8. The third-order valence-electron chi connectivity index (χ3n) is 3.20. The van der Waals surface area contributed by atoms with Gasteiger partial charge < -0.3 is 5.73 Å². The molecule has 0 aliphatic carbocycles. The van der Waals surface area contributed by atoms with Gasteiger partial charge in [-0.05, 0) is 25.1 Å². The lowest BCUT2D eigenvalue weighted by atomic mass is 10.1. The summed E-state index contributed by atoms with van der Waals surface area (Å²) in [5.74, 6) is -0.570. The van der Waals surface area contributed by atoms with Crippen LogP contribution in [0.1, 0.15) is 21.6 Å². The molecule has 3 rings (SSSR count). The van der Waals surface area contributed by atoms with Crippen molar-refractivity contribution in [3.05, 3.63) is 53.3 Å². The molecule has 2 aromatic heterocycles. The second-order valence-electron chi connectivity index (χ2n) is 4.63. The third kappa shape index (κ3) is 2.11. The first-order valence-corrected chi connectivity index (χ1v) is 6.26. The Kier molecular flexibility index (Phi) is 2.88. The Labute approximate surface area is 120 Å². The van der Waals surface area contributed by atoms with Crippen molar-refractivity contribution in [3.8, 4) is 17.3 Å². The maximum Gasteiger partial charge on any atom is 0.254 e. The molecule has 2 heterocycles. The average molecular weight is 277 g/mol. The van der Waals surface area contributed by atoms with Crippen molar-refractivity contribution in [2.75, 3.05) is 0 Å². The Balaban J connectivity index is 2.26. The molecule has 0 saturated heterocycles. The summed E-state index contributed by atoms with van der Waals surface area (Å²) in [7, 11) is 0. The van der Waals surface area contributed by atoms with E-state index in [0.29, 0.717) is 16.9 Å². The molecule has 6 heteroatoms. The van der Waals surface area contributed by atoms with Gasteiger partial charge >= 0.3 is 0 Å². The van der Waals surface area contributed by atoms with E-state index in [1.165, 1.54) is 6.20 Å². The molecule has 0 saturated carbocycles. The van der Waals surface area contributed by atoms with E-state index in [4.69, 9.17) is 11.0 Å². The van der Waals surface area contributed by atoms with Gasteiger partial charge in [0.05, 0.1) is 23.5 Å². The number of hydrogen-bond acceptors (Lipinski definition) is 4. The fourth-order valence-corrected chi connectivity index (χ4v) is 2.18. The van der Waals surface area contributed by atoms with Gasteiger partial charge in [0, 0.05) is 11.3 Å². The highest BCUT2D eigenvalue weighted by Gasteiger charge is 2.14. The molecule has 0 aliphatic heterocycles. The minimum atomic E-state index is -0.570. The largest absolute Gasteiger partial charge is 0.365 e. The number of primary amides is 1. The summed E-state index contributed by atoms with van der Waals surface area (Å²) in [4.78, 5) is 15.9. The predicted molar refractivity (Wildman–Crippen MR) is 76.4 cm³/mol. The maximum atomic E-state index is 11.4. The molecular weight excluding hydrogens is 266 g/mol. The van der Waals surface area contributed by atoms with Gasteiger partial charge in [0.2, 0.25) is 0 Å². The summed E-state index contributed by atoms with van der Waals surface area (Å²) in [5, 5.41) is 13.1. The Hall–Kier alpha value is -3.20. The minimum Gasteiger partial charge on any atom is -0.365 e. The van der Waals surface area contributed by atoms with Gasteiger partial charge in [-0.25, -0.2) is 9.50 Å². The maximum absolute atomic E-state index is 11.4. The smallest absolute Gasteiger partial charge is 0.254 e. The lowest BCUT2D eigenvalue weighted by Crippen LogP contribution is -2.11. The van der Waals surface area contributed by atoms with E-state index >= 15 is 0 Å². The molecule has 102 valence electrons. The third-order valence-corrected chi connectivity index (χ3v) is 3.20. The summed E-state index contributed by atoms with van der Waals surface area (Å²) in [6.07, 6.45) is 1.41. The summed E-state index contributed by atoms with van der Waals surface area (Å²) >= 11 is 0. The summed E-state index contributed by atoms with van der Waals surface area (Å²) in [6, 6.07) is 11.1. The van der Waals surface area contributed by atoms with Gasteiger partial charge in [0.15, 0.2) is 5.65 Å². The molecule has 0 unspecified atom stereocenters. The van der Waals surface area contributed by atoms with Crippen LogP contribution >= 0.6 is 0 Å². The Bertz CT molecular complexity index is 904. The molecule has 0 radical (unpaired) electrons. The zero-order chi connectivity index (χ0) is 15.0. The molecule has 3 aromatic rings. The molecule has 0 aliphatic rings. The van der Waals surface area contributed by atoms with E-state index in [0.717, 1.165) is 11.3 Å².